The van der Waals surface area contributed by atoms with Crippen LogP contribution in [0.3, 0.4) is 0 Å². The summed E-state index contributed by atoms with van der Waals surface area (Å²) in [7, 11) is 0. The van der Waals surface area contributed by atoms with Gasteiger partial charge in [-0.15, -0.1) is 11.3 Å². The first-order valence-corrected chi connectivity index (χ1v) is 9.52. The van der Waals surface area contributed by atoms with Crippen LogP contribution in [0.4, 0.5) is 10.9 Å². The number of pyridine rings is 1. The van der Waals surface area contributed by atoms with Crippen molar-refractivity contribution in [3.8, 4) is 0 Å². The SMILES string of the molecule is Cc1cc(C(C)Nc2nccs2)c2nc(N3CCOCC3)cc(=O)n2c1. The Balaban J connectivity index is 1.80. The molecule has 0 saturated carbocycles. The van der Waals surface area contributed by atoms with Gasteiger partial charge in [0.05, 0.1) is 19.3 Å². The summed E-state index contributed by atoms with van der Waals surface area (Å²) < 4.78 is 7.04. The van der Waals surface area contributed by atoms with Crippen LogP contribution in [0, 0.1) is 6.92 Å². The molecule has 4 rings (SSSR count). The van der Waals surface area contributed by atoms with Crippen molar-refractivity contribution in [1.29, 1.82) is 0 Å². The summed E-state index contributed by atoms with van der Waals surface area (Å²) in [4.78, 5) is 23.9. The van der Waals surface area contributed by atoms with Crippen LogP contribution in [-0.4, -0.2) is 40.7 Å². The van der Waals surface area contributed by atoms with Gasteiger partial charge in [-0.2, -0.15) is 0 Å². The number of nitrogens with one attached hydrogen (secondary N) is 1. The van der Waals surface area contributed by atoms with Crippen LogP contribution in [0.15, 0.2) is 34.7 Å². The molecule has 0 aliphatic carbocycles. The summed E-state index contributed by atoms with van der Waals surface area (Å²) in [6.07, 6.45) is 3.61. The first-order chi connectivity index (χ1) is 12.6. The fourth-order valence-corrected chi connectivity index (χ4v) is 3.81. The summed E-state index contributed by atoms with van der Waals surface area (Å²) in [6.45, 7) is 6.85. The van der Waals surface area contributed by atoms with Gasteiger partial charge >= 0.3 is 0 Å². The molecular weight excluding hydrogens is 350 g/mol. The summed E-state index contributed by atoms with van der Waals surface area (Å²) >= 11 is 1.55. The minimum absolute atomic E-state index is 0.0251. The maximum Gasteiger partial charge on any atom is 0.259 e. The predicted octanol–water partition coefficient (Wildman–Crippen LogP) is 2.47. The molecule has 0 amide bonds. The molecule has 1 N–H and O–H groups in total. The van der Waals surface area contributed by atoms with Gasteiger partial charge in [-0.05, 0) is 25.5 Å². The number of hydrogen-bond acceptors (Lipinski definition) is 7. The molecular formula is C18H21N5O2S. The van der Waals surface area contributed by atoms with Crippen molar-refractivity contribution in [2.24, 2.45) is 0 Å². The second-order valence-electron chi connectivity index (χ2n) is 6.42. The van der Waals surface area contributed by atoms with Gasteiger partial charge in [0.1, 0.15) is 11.5 Å². The van der Waals surface area contributed by atoms with E-state index in [1.165, 1.54) is 0 Å². The minimum Gasteiger partial charge on any atom is -0.378 e. The highest BCUT2D eigenvalue weighted by atomic mass is 32.1. The smallest absolute Gasteiger partial charge is 0.259 e. The monoisotopic (exact) mass is 371 g/mol. The van der Waals surface area contributed by atoms with Gasteiger partial charge in [-0.25, -0.2) is 9.97 Å². The highest BCUT2D eigenvalue weighted by molar-refractivity contribution is 7.13. The molecule has 26 heavy (non-hydrogen) atoms. The molecule has 8 heteroatoms. The second-order valence-corrected chi connectivity index (χ2v) is 7.32. The molecule has 0 spiro atoms. The van der Waals surface area contributed by atoms with Crippen molar-refractivity contribution in [3.63, 3.8) is 0 Å². The van der Waals surface area contributed by atoms with Crippen LogP contribution in [0.5, 0.6) is 0 Å². The van der Waals surface area contributed by atoms with E-state index in [2.05, 4.69) is 28.2 Å². The van der Waals surface area contributed by atoms with Crippen molar-refractivity contribution in [2.75, 3.05) is 36.5 Å². The van der Waals surface area contributed by atoms with E-state index < -0.39 is 0 Å². The molecule has 1 fully saturated rings. The average Bonchev–Trinajstić information content (AvgIpc) is 3.15. The Labute approximate surface area is 155 Å². The van der Waals surface area contributed by atoms with Crippen LogP contribution in [0.2, 0.25) is 0 Å². The third-order valence-corrected chi connectivity index (χ3v) is 5.19. The van der Waals surface area contributed by atoms with E-state index in [1.54, 1.807) is 28.0 Å². The van der Waals surface area contributed by atoms with E-state index in [0.29, 0.717) is 24.7 Å². The lowest BCUT2D eigenvalue weighted by Gasteiger charge is -2.28. The Bertz CT molecular complexity index is 964. The second kappa shape index (κ2) is 7.05. The zero-order valence-electron chi connectivity index (χ0n) is 14.8. The molecule has 1 saturated heterocycles. The molecule has 1 unspecified atom stereocenters. The molecule has 0 aromatic carbocycles. The van der Waals surface area contributed by atoms with Gasteiger partial charge in [-0.1, -0.05) is 0 Å². The quantitative estimate of drug-likeness (QED) is 0.760. The van der Waals surface area contributed by atoms with E-state index in [0.717, 1.165) is 29.3 Å². The average molecular weight is 371 g/mol. The maximum absolute atomic E-state index is 12.7. The Morgan fingerprint density at radius 1 is 1.31 bits per heavy atom. The summed E-state index contributed by atoms with van der Waals surface area (Å²) in [5, 5.41) is 6.18. The topological polar surface area (TPSA) is 71.8 Å². The van der Waals surface area contributed by atoms with Crippen molar-refractivity contribution in [1.82, 2.24) is 14.4 Å². The van der Waals surface area contributed by atoms with E-state index in [9.17, 15) is 4.79 Å². The molecule has 3 aromatic rings. The Kier molecular flexibility index (Phi) is 4.60. The van der Waals surface area contributed by atoms with E-state index in [-0.39, 0.29) is 11.6 Å². The lowest BCUT2D eigenvalue weighted by molar-refractivity contribution is 0.122. The van der Waals surface area contributed by atoms with Crippen molar-refractivity contribution >= 4 is 27.9 Å². The number of morpholine rings is 1. The van der Waals surface area contributed by atoms with Crippen LogP contribution in [0.1, 0.15) is 24.1 Å². The summed E-state index contributed by atoms with van der Waals surface area (Å²) in [5.41, 5.74) is 2.61. The number of aromatic nitrogens is 3. The number of thiazole rings is 1. The third-order valence-electron chi connectivity index (χ3n) is 4.49. The molecule has 1 atom stereocenters. The molecule has 7 nitrogen and oxygen atoms in total. The molecule has 4 heterocycles. The lowest BCUT2D eigenvalue weighted by atomic mass is 10.1. The minimum atomic E-state index is -0.0668. The number of hydrogen-bond donors (Lipinski definition) is 1. The van der Waals surface area contributed by atoms with Crippen molar-refractivity contribution in [2.45, 2.75) is 19.9 Å². The molecule has 1 aliphatic heterocycles. The zero-order valence-corrected chi connectivity index (χ0v) is 15.6. The van der Waals surface area contributed by atoms with Gasteiger partial charge in [0.25, 0.3) is 5.56 Å². The number of rotatable bonds is 4. The number of fused-ring (bicyclic) bond motifs is 1. The largest absolute Gasteiger partial charge is 0.378 e. The van der Waals surface area contributed by atoms with Crippen molar-refractivity contribution in [3.05, 3.63) is 51.4 Å². The molecule has 0 radical (unpaired) electrons. The van der Waals surface area contributed by atoms with E-state index in [4.69, 9.17) is 9.72 Å². The molecule has 0 bridgehead atoms. The first kappa shape index (κ1) is 17.0. The Morgan fingerprint density at radius 3 is 2.85 bits per heavy atom. The van der Waals surface area contributed by atoms with Gasteiger partial charge in [0, 0.05) is 42.5 Å². The van der Waals surface area contributed by atoms with Crippen molar-refractivity contribution < 1.29 is 4.74 Å². The number of aryl methyl sites for hydroxylation is 1. The fraction of sp³-hybridized carbons (Fsp3) is 0.389. The van der Waals surface area contributed by atoms with Gasteiger partial charge in [0.2, 0.25) is 0 Å². The zero-order chi connectivity index (χ0) is 18.1. The summed E-state index contributed by atoms with van der Waals surface area (Å²) in [5.74, 6) is 0.713. The molecule has 3 aromatic heterocycles. The van der Waals surface area contributed by atoms with Gasteiger partial charge < -0.3 is 15.0 Å². The predicted molar refractivity (Wildman–Crippen MR) is 103 cm³/mol. The van der Waals surface area contributed by atoms with Crippen LogP contribution in [-0.2, 0) is 4.74 Å². The first-order valence-electron chi connectivity index (χ1n) is 8.64. The lowest BCUT2D eigenvalue weighted by Crippen LogP contribution is -2.37. The molecule has 136 valence electrons. The fourth-order valence-electron chi connectivity index (χ4n) is 3.19. The highest BCUT2D eigenvalue weighted by Crippen LogP contribution is 2.25. The molecule has 1 aliphatic rings. The van der Waals surface area contributed by atoms with Crippen LogP contribution < -0.4 is 15.8 Å². The standard InChI is InChI=1S/C18H21N5O2S/c1-12-9-14(13(2)20-18-19-3-8-26-18)17-21-15(10-16(24)23(17)11-12)22-4-6-25-7-5-22/h3,8-11,13H,4-7H2,1-2H3,(H,19,20). The van der Waals surface area contributed by atoms with Crippen LogP contribution >= 0.6 is 11.3 Å². The van der Waals surface area contributed by atoms with E-state index >= 15 is 0 Å². The number of anilines is 2. The maximum atomic E-state index is 12.7. The number of ether oxygens (including phenoxy) is 1. The van der Waals surface area contributed by atoms with Crippen LogP contribution in [0.25, 0.3) is 5.65 Å². The third kappa shape index (κ3) is 3.30. The summed E-state index contributed by atoms with van der Waals surface area (Å²) in [6, 6.07) is 3.67. The van der Waals surface area contributed by atoms with Gasteiger partial charge in [0.15, 0.2) is 5.13 Å². The Morgan fingerprint density at radius 2 is 2.12 bits per heavy atom. The van der Waals surface area contributed by atoms with E-state index in [1.807, 2.05) is 18.5 Å². The van der Waals surface area contributed by atoms with Gasteiger partial charge in [-0.3, -0.25) is 9.20 Å². The number of nitrogens with zero attached hydrogens (tertiary/aromatic N) is 4. The Hall–Kier alpha value is -2.45. The normalized spacial score (nSPS) is 16.0. The highest BCUT2D eigenvalue weighted by Gasteiger charge is 2.18.